The fourth-order valence-electron chi connectivity index (χ4n) is 2.51. The number of fused-ring (bicyclic) bond motifs is 1. The number of hydrogen-bond acceptors (Lipinski definition) is 5. The first kappa shape index (κ1) is 13.6. The molecule has 110 valence electrons. The van der Waals surface area contributed by atoms with Crippen molar-refractivity contribution in [3.05, 3.63) is 18.2 Å². The van der Waals surface area contributed by atoms with Crippen molar-refractivity contribution in [2.45, 2.75) is 18.9 Å². The van der Waals surface area contributed by atoms with Gasteiger partial charge in [-0.1, -0.05) is 11.3 Å². The van der Waals surface area contributed by atoms with Crippen LogP contribution < -0.4 is 11.1 Å². The molecule has 21 heavy (non-hydrogen) atoms. The first-order valence-electron chi connectivity index (χ1n) is 6.51. The van der Waals surface area contributed by atoms with Crippen molar-refractivity contribution in [1.82, 2.24) is 9.88 Å². The van der Waals surface area contributed by atoms with Gasteiger partial charge in [-0.15, -0.1) is 0 Å². The molecule has 1 atom stereocenters. The molecular formula is C13H14N4O3S. The average molecular weight is 306 g/mol. The molecule has 1 aromatic heterocycles. The number of amides is 2. The maximum atomic E-state index is 12.2. The van der Waals surface area contributed by atoms with E-state index < -0.39 is 12.1 Å². The molecule has 0 spiro atoms. The summed E-state index contributed by atoms with van der Waals surface area (Å²) < 4.78 is 0.881. The molecule has 8 heteroatoms. The molecule has 1 aliphatic rings. The van der Waals surface area contributed by atoms with E-state index in [2.05, 4.69) is 10.3 Å². The second kappa shape index (κ2) is 5.21. The van der Waals surface area contributed by atoms with Crippen LogP contribution in [0.25, 0.3) is 10.2 Å². The van der Waals surface area contributed by atoms with Gasteiger partial charge in [0.1, 0.15) is 6.04 Å². The van der Waals surface area contributed by atoms with Crippen LogP contribution in [0.2, 0.25) is 0 Å². The van der Waals surface area contributed by atoms with Crippen LogP contribution in [0.1, 0.15) is 12.8 Å². The van der Waals surface area contributed by atoms with Gasteiger partial charge < -0.3 is 16.2 Å². The molecule has 0 radical (unpaired) electrons. The quantitative estimate of drug-likeness (QED) is 0.786. The van der Waals surface area contributed by atoms with Crippen LogP contribution in [-0.2, 0) is 4.79 Å². The van der Waals surface area contributed by atoms with Gasteiger partial charge in [0.15, 0.2) is 5.13 Å². The number of carbonyl (C=O) groups is 2. The SMILES string of the molecule is Nc1nc2ccc(NC(=O)[C@@H]3CCCN3C(=O)O)cc2s1. The molecule has 1 saturated heterocycles. The van der Waals surface area contributed by atoms with Gasteiger partial charge >= 0.3 is 6.09 Å². The lowest BCUT2D eigenvalue weighted by Crippen LogP contribution is -2.42. The zero-order valence-electron chi connectivity index (χ0n) is 11.1. The molecule has 0 bridgehead atoms. The minimum atomic E-state index is -1.06. The Morgan fingerprint density at radius 1 is 1.48 bits per heavy atom. The summed E-state index contributed by atoms with van der Waals surface area (Å²) in [5.74, 6) is -0.299. The van der Waals surface area contributed by atoms with E-state index in [0.717, 1.165) is 10.2 Å². The fourth-order valence-corrected chi connectivity index (χ4v) is 3.29. The first-order chi connectivity index (χ1) is 10.0. The highest BCUT2D eigenvalue weighted by atomic mass is 32.1. The van der Waals surface area contributed by atoms with E-state index in [1.54, 1.807) is 18.2 Å². The van der Waals surface area contributed by atoms with Crippen LogP contribution in [0.15, 0.2) is 18.2 Å². The number of carbonyl (C=O) groups excluding carboxylic acids is 1. The van der Waals surface area contributed by atoms with Gasteiger partial charge in [0.05, 0.1) is 10.2 Å². The molecule has 0 unspecified atom stereocenters. The molecule has 1 aliphatic heterocycles. The Kier molecular flexibility index (Phi) is 3.38. The van der Waals surface area contributed by atoms with E-state index in [1.165, 1.54) is 16.2 Å². The number of nitrogens with zero attached hydrogens (tertiary/aromatic N) is 2. The summed E-state index contributed by atoms with van der Waals surface area (Å²) in [6, 6.07) is 4.69. The van der Waals surface area contributed by atoms with Crippen molar-refractivity contribution in [3.8, 4) is 0 Å². The summed E-state index contributed by atoms with van der Waals surface area (Å²) in [5, 5.41) is 12.3. The number of rotatable bonds is 2. The van der Waals surface area contributed by atoms with Crippen molar-refractivity contribution in [2.75, 3.05) is 17.6 Å². The van der Waals surface area contributed by atoms with E-state index in [-0.39, 0.29) is 5.91 Å². The molecule has 0 aliphatic carbocycles. The Balaban J connectivity index is 1.77. The Hall–Kier alpha value is -2.35. The van der Waals surface area contributed by atoms with Gasteiger partial charge in [-0.25, -0.2) is 9.78 Å². The Morgan fingerprint density at radius 2 is 2.29 bits per heavy atom. The first-order valence-corrected chi connectivity index (χ1v) is 7.33. The molecule has 7 nitrogen and oxygen atoms in total. The highest BCUT2D eigenvalue weighted by Gasteiger charge is 2.33. The normalized spacial score (nSPS) is 18.1. The number of thiazole rings is 1. The zero-order valence-corrected chi connectivity index (χ0v) is 11.9. The summed E-state index contributed by atoms with van der Waals surface area (Å²) in [6.45, 7) is 0.401. The predicted molar refractivity (Wildman–Crippen MR) is 80.4 cm³/mol. The summed E-state index contributed by atoms with van der Waals surface area (Å²) in [6.07, 6.45) is 0.196. The monoisotopic (exact) mass is 306 g/mol. The number of nitrogens with one attached hydrogen (secondary N) is 1. The maximum absolute atomic E-state index is 12.2. The lowest BCUT2D eigenvalue weighted by Gasteiger charge is -2.20. The summed E-state index contributed by atoms with van der Waals surface area (Å²) >= 11 is 1.34. The number of benzene rings is 1. The second-order valence-electron chi connectivity index (χ2n) is 4.86. The van der Waals surface area contributed by atoms with Gasteiger partial charge in [-0.05, 0) is 31.0 Å². The number of nitrogens with two attached hydrogens (primary N) is 1. The van der Waals surface area contributed by atoms with E-state index >= 15 is 0 Å². The molecule has 0 saturated carbocycles. The van der Waals surface area contributed by atoms with E-state index in [4.69, 9.17) is 10.8 Å². The molecule has 3 rings (SSSR count). The number of carboxylic acid groups (broad SMARTS) is 1. The number of anilines is 2. The van der Waals surface area contributed by atoms with Crippen LogP contribution in [0.5, 0.6) is 0 Å². The van der Waals surface area contributed by atoms with Gasteiger partial charge in [0.25, 0.3) is 0 Å². The third-order valence-electron chi connectivity index (χ3n) is 3.47. The van der Waals surface area contributed by atoms with Crippen LogP contribution in [0.4, 0.5) is 15.6 Å². The number of likely N-dealkylation sites (tertiary alicyclic amines) is 1. The number of nitrogen functional groups attached to an aromatic ring is 1. The molecule has 2 heterocycles. The minimum absolute atomic E-state index is 0.299. The van der Waals surface area contributed by atoms with E-state index in [1.807, 2.05) is 0 Å². The van der Waals surface area contributed by atoms with E-state index in [9.17, 15) is 9.59 Å². The number of hydrogen-bond donors (Lipinski definition) is 3. The van der Waals surface area contributed by atoms with Gasteiger partial charge in [-0.2, -0.15) is 0 Å². The highest BCUT2D eigenvalue weighted by Crippen LogP contribution is 2.27. The molecule has 1 fully saturated rings. The Labute approximate surface area is 124 Å². The third kappa shape index (κ3) is 2.62. The lowest BCUT2D eigenvalue weighted by atomic mass is 10.2. The highest BCUT2D eigenvalue weighted by molar-refractivity contribution is 7.22. The fraction of sp³-hybridized carbons (Fsp3) is 0.308. The summed E-state index contributed by atoms with van der Waals surface area (Å²) in [4.78, 5) is 28.6. The smallest absolute Gasteiger partial charge is 0.407 e. The van der Waals surface area contributed by atoms with Crippen molar-refractivity contribution >= 4 is 44.4 Å². The lowest BCUT2D eigenvalue weighted by molar-refractivity contribution is -0.119. The largest absolute Gasteiger partial charge is 0.465 e. The van der Waals surface area contributed by atoms with Crippen molar-refractivity contribution in [2.24, 2.45) is 0 Å². The van der Waals surface area contributed by atoms with Crippen molar-refractivity contribution < 1.29 is 14.7 Å². The second-order valence-corrected chi connectivity index (χ2v) is 5.92. The zero-order chi connectivity index (χ0) is 15.0. The maximum Gasteiger partial charge on any atom is 0.407 e. The standard InChI is InChI=1S/C13H14N4O3S/c14-12-16-8-4-3-7(6-10(8)21-12)15-11(18)9-2-1-5-17(9)13(19)20/h3-4,6,9H,1-2,5H2,(H2,14,16)(H,15,18)(H,19,20)/t9-/m0/s1. The third-order valence-corrected chi connectivity index (χ3v) is 4.32. The van der Waals surface area contributed by atoms with Crippen molar-refractivity contribution in [3.63, 3.8) is 0 Å². The average Bonchev–Trinajstić information content (AvgIpc) is 3.03. The Morgan fingerprint density at radius 3 is 3.05 bits per heavy atom. The van der Waals surface area contributed by atoms with Crippen LogP contribution >= 0.6 is 11.3 Å². The molecular weight excluding hydrogens is 292 g/mol. The van der Waals surface area contributed by atoms with Gasteiger partial charge in [0.2, 0.25) is 5.91 Å². The Bertz CT molecular complexity index is 715. The minimum Gasteiger partial charge on any atom is -0.465 e. The summed E-state index contributed by atoms with van der Waals surface area (Å²) in [5.41, 5.74) is 7.04. The predicted octanol–water partition coefficient (Wildman–Crippen LogP) is 1.96. The van der Waals surface area contributed by atoms with Crippen LogP contribution in [-0.4, -0.2) is 39.6 Å². The topological polar surface area (TPSA) is 109 Å². The van der Waals surface area contributed by atoms with E-state index in [0.29, 0.717) is 30.2 Å². The van der Waals surface area contributed by atoms with Gasteiger partial charge in [-0.3, -0.25) is 9.69 Å². The summed E-state index contributed by atoms with van der Waals surface area (Å²) in [7, 11) is 0. The molecule has 4 N–H and O–H groups in total. The molecule has 2 amide bonds. The van der Waals surface area contributed by atoms with Gasteiger partial charge in [0, 0.05) is 12.2 Å². The van der Waals surface area contributed by atoms with Crippen LogP contribution in [0, 0.1) is 0 Å². The van der Waals surface area contributed by atoms with Crippen molar-refractivity contribution in [1.29, 1.82) is 0 Å². The molecule has 1 aromatic carbocycles. The van der Waals surface area contributed by atoms with Crippen LogP contribution in [0.3, 0.4) is 0 Å². The molecule has 2 aromatic rings. The number of aromatic nitrogens is 1.